The Bertz CT molecular complexity index is 714. The van der Waals surface area contributed by atoms with Crippen molar-refractivity contribution in [3.05, 3.63) is 23.9 Å². The lowest BCUT2D eigenvalue weighted by Crippen LogP contribution is -2.38. The van der Waals surface area contributed by atoms with Crippen LogP contribution in [0.2, 0.25) is 0 Å². The molecule has 8 heteroatoms. The van der Waals surface area contributed by atoms with Gasteiger partial charge in [-0.05, 0) is 44.2 Å². The number of nitrogens with zero attached hydrogens (tertiary/aromatic N) is 3. The van der Waals surface area contributed by atoms with E-state index in [0.29, 0.717) is 31.4 Å². The highest BCUT2D eigenvalue weighted by Crippen LogP contribution is 2.24. The van der Waals surface area contributed by atoms with Crippen LogP contribution in [0.1, 0.15) is 25.5 Å². The second-order valence-electron chi connectivity index (χ2n) is 6.60. The highest BCUT2D eigenvalue weighted by molar-refractivity contribution is 7.88. The van der Waals surface area contributed by atoms with Crippen LogP contribution in [0.5, 0.6) is 0 Å². The third-order valence-corrected chi connectivity index (χ3v) is 5.87. The molecule has 0 bridgehead atoms. The molecule has 0 saturated carbocycles. The number of piperidine rings is 1. The Morgan fingerprint density at radius 1 is 1.29 bits per heavy atom. The summed E-state index contributed by atoms with van der Waals surface area (Å²) < 4.78 is 29.8. The van der Waals surface area contributed by atoms with Crippen LogP contribution in [0.15, 0.2) is 18.2 Å². The molecule has 1 aromatic heterocycles. The van der Waals surface area contributed by atoms with Crippen molar-refractivity contribution in [2.75, 3.05) is 30.8 Å². The number of hydrogen-bond donors (Lipinski definition) is 0. The molecule has 24 heavy (non-hydrogen) atoms. The number of aromatic nitrogens is 1. The molecule has 1 aromatic rings. The van der Waals surface area contributed by atoms with Crippen LogP contribution in [0.4, 0.5) is 10.6 Å². The standard InChI is InChI=1S/C16H23N3O4S/c1-12-11-19(16(20)23-12)15-5-3-4-14(17-15)10-13-6-8-18(9-7-13)24(2,21)22/h3-5,12-13H,6-11H2,1-2H3. The molecule has 0 N–H and O–H groups in total. The van der Waals surface area contributed by atoms with Crippen LogP contribution in [0.3, 0.4) is 0 Å². The maximum atomic E-state index is 11.8. The molecule has 2 fully saturated rings. The van der Waals surface area contributed by atoms with E-state index in [-0.39, 0.29) is 12.2 Å². The van der Waals surface area contributed by atoms with E-state index in [9.17, 15) is 13.2 Å². The van der Waals surface area contributed by atoms with Gasteiger partial charge in [0, 0.05) is 18.8 Å². The van der Waals surface area contributed by atoms with Crippen molar-refractivity contribution in [1.82, 2.24) is 9.29 Å². The summed E-state index contributed by atoms with van der Waals surface area (Å²) >= 11 is 0. The van der Waals surface area contributed by atoms with E-state index < -0.39 is 10.0 Å². The molecule has 2 aliphatic heterocycles. The van der Waals surface area contributed by atoms with Gasteiger partial charge in [0.05, 0.1) is 12.8 Å². The van der Waals surface area contributed by atoms with Gasteiger partial charge in [0.2, 0.25) is 10.0 Å². The number of cyclic esters (lactones) is 1. The van der Waals surface area contributed by atoms with Gasteiger partial charge in [-0.25, -0.2) is 22.5 Å². The molecule has 1 unspecified atom stereocenters. The van der Waals surface area contributed by atoms with Gasteiger partial charge >= 0.3 is 6.09 Å². The highest BCUT2D eigenvalue weighted by Gasteiger charge is 2.30. The van der Waals surface area contributed by atoms with Crippen molar-refractivity contribution < 1.29 is 17.9 Å². The first-order valence-electron chi connectivity index (χ1n) is 8.22. The lowest BCUT2D eigenvalue weighted by molar-refractivity contribution is 0.150. The van der Waals surface area contributed by atoms with Gasteiger partial charge in [-0.3, -0.25) is 4.90 Å². The number of rotatable bonds is 4. The Labute approximate surface area is 142 Å². The van der Waals surface area contributed by atoms with Crippen LogP contribution in [0, 0.1) is 5.92 Å². The molecule has 1 amide bonds. The molecule has 2 aliphatic rings. The zero-order valence-electron chi connectivity index (χ0n) is 14.0. The fourth-order valence-corrected chi connectivity index (χ4v) is 4.14. The molecular formula is C16H23N3O4S. The van der Waals surface area contributed by atoms with Gasteiger partial charge in [0.1, 0.15) is 11.9 Å². The molecule has 3 rings (SSSR count). The van der Waals surface area contributed by atoms with Crippen molar-refractivity contribution in [3.63, 3.8) is 0 Å². The Morgan fingerprint density at radius 2 is 2.00 bits per heavy atom. The summed E-state index contributed by atoms with van der Waals surface area (Å²) in [6, 6.07) is 5.67. The van der Waals surface area contributed by atoms with E-state index in [0.717, 1.165) is 25.0 Å². The molecule has 0 spiro atoms. The molecule has 0 radical (unpaired) electrons. The second kappa shape index (κ2) is 6.68. The van der Waals surface area contributed by atoms with Crippen molar-refractivity contribution in [3.8, 4) is 0 Å². The molecule has 132 valence electrons. The largest absolute Gasteiger partial charge is 0.444 e. The van der Waals surface area contributed by atoms with Gasteiger partial charge in [-0.15, -0.1) is 0 Å². The zero-order valence-corrected chi connectivity index (χ0v) is 14.8. The minimum atomic E-state index is -3.09. The van der Waals surface area contributed by atoms with Gasteiger partial charge in [-0.1, -0.05) is 6.07 Å². The van der Waals surface area contributed by atoms with E-state index in [1.807, 2.05) is 25.1 Å². The Hall–Kier alpha value is -1.67. The van der Waals surface area contributed by atoms with E-state index in [2.05, 4.69) is 4.98 Å². The van der Waals surface area contributed by atoms with Crippen molar-refractivity contribution in [1.29, 1.82) is 0 Å². The van der Waals surface area contributed by atoms with Gasteiger partial charge in [0.25, 0.3) is 0 Å². The van der Waals surface area contributed by atoms with Crippen LogP contribution in [0.25, 0.3) is 0 Å². The summed E-state index contributed by atoms with van der Waals surface area (Å²) in [6.45, 7) is 3.51. The summed E-state index contributed by atoms with van der Waals surface area (Å²) in [5, 5.41) is 0. The van der Waals surface area contributed by atoms with E-state index in [1.165, 1.54) is 10.6 Å². The van der Waals surface area contributed by atoms with Gasteiger partial charge < -0.3 is 4.74 Å². The lowest BCUT2D eigenvalue weighted by atomic mass is 9.93. The van der Waals surface area contributed by atoms with E-state index >= 15 is 0 Å². The van der Waals surface area contributed by atoms with Crippen LogP contribution in [-0.2, 0) is 21.2 Å². The van der Waals surface area contributed by atoms with Crippen molar-refractivity contribution in [2.24, 2.45) is 5.92 Å². The maximum absolute atomic E-state index is 11.8. The number of ether oxygens (including phenoxy) is 1. The van der Waals surface area contributed by atoms with E-state index in [4.69, 9.17) is 4.74 Å². The summed E-state index contributed by atoms with van der Waals surface area (Å²) in [5.41, 5.74) is 0.928. The first-order valence-corrected chi connectivity index (χ1v) is 10.1. The van der Waals surface area contributed by atoms with Gasteiger partial charge in [-0.2, -0.15) is 0 Å². The number of amides is 1. The second-order valence-corrected chi connectivity index (χ2v) is 8.58. The first-order chi connectivity index (χ1) is 11.3. The van der Waals surface area contributed by atoms with Gasteiger partial charge in [0.15, 0.2) is 0 Å². The van der Waals surface area contributed by atoms with E-state index in [1.54, 1.807) is 4.90 Å². The summed E-state index contributed by atoms with van der Waals surface area (Å²) in [7, 11) is -3.09. The maximum Gasteiger partial charge on any atom is 0.415 e. The highest BCUT2D eigenvalue weighted by atomic mass is 32.2. The average Bonchev–Trinajstić information content (AvgIpc) is 2.86. The lowest BCUT2D eigenvalue weighted by Gasteiger charge is -2.30. The molecule has 1 atom stereocenters. The predicted octanol–water partition coefficient (Wildman–Crippen LogP) is 1.64. The topological polar surface area (TPSA) is 79.8 Å². The SMILES string of the molecule is CC1CN(c2cccc(CC3CCN(S(C)(=O)=O)CC3)n2)C(=O)O1. The third kappa shape index (κ3) is 3.87. The van der Waals surface area contributed by atoms with Crippen molar-refractivity contribution in [2.45, 2.75) is 32.3 Å². The van der Waals surface area contributed by atoms with Crippen LogP contribution >= 0.6 is 0 Å². The summed E-state index contributed by atoms with van der Waals surface area (Å²) in [4.78, 5) is 18.0. The molecule has 7 nitrogen and oxygen atoms in total. The molecule has 3 heterocycles. The fourth-order valence-electron chi connectivity index (χ4n) is 3.26. The van der Waals surface area contributed by atoms with Crippen LogP contribution < -0.4 is 4.90 Å². The quantitative estimate of drug-likeness (QED) is 0.822. The minimum Gasteiger partial charge on any atom is -0.444 e. The number of hydrogen-bond acceptors (Lipinski definition) is 5. The minimum absolute atomic E-state index is 0.122. The number of pyridine rings is 1. The third-order valence-electron chi connectivity index (χ3n) is 4.57. The normalized spacial score (nSPS) is 23.5. The smallest absolute Gasteiger partial charge is 0.415 e. The number of anilines is 1. The Morgan fingerprint density at radius 3 is 2.58 bits per heavy atom. The summed E-state index contributed by atoms with van der Waals surface area (Å²) in [6.07, 6.45) is 3.25. The van der Waals surface area contributed by atoms with Crippen LogP contribution in [-0.4, -0.2) is 55.8 Å². The molecule has 2 saturated heterocycles. The zero-order chi connectivity index (χ0) is 17.3. The number of sulfonamides is 1. The number of carbonyl (C=O) groups excluding carboxylic acids is 1. The predicted molar refractivity (Wildman–Crippen MR) is 90.4 cm³/mol. The summed E-state index contributed by atoms with van der Waals surface area (Å²) in [5.74, 6) is 1.03. The number of carbonyl (C=O) groups is 1. The molecular weight excluding hydrogens is 330 g/mol. The Kier molecular flexibility index (Phi) is 4.78. The fraction of sp³-hybridized carbons (Fsp3) is 0.625. The monoisotopic (exact) mass is 353 g/mol. The molecule has 0 aromatic carbocycles. The molecule has 0 aliphatic carbocycles. The van der Waals surface area contributed by atoms with Crippen molar-refractivity contribution >= 4 is 21.9 Å². The average molecular weight is 353 g/mol. The first kappa shape index (κ1) is 17.2. The Balaban J connectivity index is 1.63.